The second-order valence-electron chi connectivity index (χ2n) is 9.69. The van der Waals surface area contributed by atoms with Crippen LogP contribution in [0.5, 0.6) is 0 Å². The number of likely N-dealkylation sites (tertiary alicyclic amines) is 1. The molecule has 2 aliphatic rings. The lowest BCUT2D eigenvalue weighted by molar-refractivity contribution is -0.133. The van der Waals surface area contributed by atoms with Gasteiger partial charge in [-0.15, -0.1) is 0 Å². The lowest BCUT2D eigenvalue weighted by atomic mass is 9.88. The van der Waals surface area contributed by atoms with Crippen molar-refractivity contribution in [1.29, 1.82) is 0 Å². The Morgan fingerprint density at radius 3 is 2.24 bits per heavy atom. The van der Waals surface area contributed by atoms with Crippen LogP contribution in [0.15, 0.2) is 79.4 Å². The van der Waals surface area contributed by atoms with Crippen LogP contribution in [0.4, 0.5) is 0 Å². The van der Waals surface area contributed by atoms with Crippen LogP contribution in [0.1, 0.15) is 42.7 Å². The summed E-state index contributed by atoms with van der Waals surface area (Å²) in [5, 5.41) is 3.22. The molecule has 0 bridgehead atoms. The number of amides is 2. The van der Waals surface area contributed by atoms with Crippen LogP contribution in [-0.4, -0.2) is 45.9 Å². The van der Waals surface area contributed by atoms with Crippen molar-refractivity contribution in [3.8, 4) is 0 Å². The molecule has 2 aromatic carbocycles. The molecule has 1 saturated heterocycles. The molecule has 1 saturated carbocycles. The minimum Gasteiger partial charge on any atom is -0.356 e. The van der Waals surface area contributed by atoms with Crippen LogP contribution in [0.25, 0.3) is 0 Å². The first kappa shape index (κ1) is 22.4. The Hall–Kier alpha value is -3.41. The van der Waals surface area contributed by atoms with Crippen LogP contribution in [0.2, 0.25) is 0 Å². The molecule has 2 amide bonds. The molecule has 2 fully saturated rings. The number of benzene rings is 2. The summed E-state index contributed by atoms with van der Waals surface area (Å²) in [6.45, 7) is 2.47. The minimum absolute atomic E-state index is 0.0882. The third-order valence-electron chi connectivity index (χ3n) is 7.63. The lowest BCUT2D eigenvalue weighted by Gasteiger charge is -2.33. The first-order valence-electron chi connectivity index (χ1n) is 12.3. The van der Waals surface area contributed by atoms with Gasteiger partial charge in [0.15, 0.2) is 0 Å². The first-order chi connectivity index (χ1) is 16.6. The third kappa shape index (κ3) is 4.91. The largest absolute Gasteiger partial charge is 0.356 e. The number of hydrogen-bond donors (Lipinski definition) is 1. The van der Waals surface area contributed by atoms with Gasteiger partial charge >= 0.3 is 0 Å². The average Bonchev–Trinajstić information content (AvgIpc) is 3.32. The first-order valence-corrected chi connectivity index (χ1v) is 12.3. The number of hydrogen-bond acceptors (Lipinski definition) is 3. The Morgan fingerprint density at radius 2 is 1.65 bits per heavy atom. The van der Waals surface area contributed by atoms with Crippen molar-refractivity contribution in [2.24, 2.45) is 11.3 Å². The number of imidazole rings is 1. The van der Waals surface area contributed by atoms with Gasteiger partial charge in [0.1, 0.15) is 6.54 Å². The highest BCUT2D eigenvalue weighted by atomic mass is 16.2. The quantitative estimate of drug-likeness (QED) is 0.560. The predicted molar refractivity (Wildman–Crippen MR) is 131 cm³/mol. The number of rotatable bonds is 8. The smallest absolute Gasteiger partial charge is 0.242 e. The molecule has 1 spiro atoms. The Balaban J connectivity index is 1.11. The molecule has 2 heterocycles. The average molecular weight is 457 g/mol. The van der Waals surface area contributed by atoms with Gasteiger partial charge in [0.2, 0.25) is 11.8 Å². The zero-order chi connectivity index (χ0) is 23.4. The van der Waals surface area contributed by atoms with E-state index in [0.717, 1.165) is 38.8 Å². The van der Waals surface area contributed by atoms with Crippen molar-refractivity contribution < 1.29 is 9.59 Å². The minimum atomic E-state index is 0.0882. The van der Waals surface area contributed by atoms with Crippen molar-refractivity contribution in [1.82, 2.24) is 19.8 Å². The highest BCUT2D eigenvalue weighted by Crippen LogP contribution is 2.59. The van der Waals surface area contributed by atoms with Crippen LogP contribution in [-0.2, 0) is 16.1 Å². The van der Waals surface area contributed by atoms with E-state index >= 15 is 0 Å². The summed E-state index contributed by atoms with van der Waals surface area (Å²) >= 11 is 0. The number of carbonyl (C=O) groups excluding carboxylic acids is 2. The van der Waals surface area contributed by atoms with Crippen LogP contribution >= 0.6 is 0 Å². The molecule has 1 aromatic heterocycles. The van der Waals surface area contributed by atoms with Crippen molar-refractivity contribution in [3.63, 3.8) is 0 Å². The summed E-state index contributed by atoms with van der Waals surface area (Å²) < 4.78 is 1.80. The molecule has 0 radical (unpaired) electrons. The predicted octanol–water partition coefficient (Wildman–Crippen LogP) is 3.85. The highest BCUT2D eigenvalue weighted by Gasteiger charge is 2.58. The number of carbonyl (C=O) groups is 2. The summed E-state index contributed by atoms with van der Waals surface area (Å²) in [5.41, 5.74) is 2.64. The van der Waals surface area contributed by atoms with Gasteiger partial charge in [-0.2, -0.15) is 0 Å². The number of aromatic nitrogens is 2. The zero-order valence-corrected chi connectivity index (χ0v) is 19.5. The maximum atomic E-state index is 13.0. The lowest BCUT2D eigenvalue weighted by Crippen LogP contribution is -2.42. The second-order valence-corrected chi connectivity index (χ2v) is 9.69. The summed E-state index contributed by atoms with van der Waals surface area (Å²) in [6, 6.07) is 21.0. The van der Waals surface area contributed by atoms with E-state index in [-0.39, 0.29) is 29.1 Å². The van der Waals surface area contributed by atoms with E-state index < -0.39 is 0 Å². The molecule has 1 N–H and O–H groups in total. The summed E-state index contributed by atoms with van der Waals surface area (Å²) in [6.07, 6.45) is 8.82. The Kier molecular flexibility index (Phi) is 6.48. The van der Waals surface area contributed by atoms with E-state index in [1.807, 2.05) is 23.2 Å². The van der Waals surface area contributed by atoms with Crippen LogP contribution < -0.4 is 5.32 Å². The molecular formula is C28H32N4O2. The van der Waals surface area contributed by atoms with Crippen molar-refractivity contribution in [2.45, 2.75) is 38.1 Å². The summed E-state index contributed by atoms with van der Waals surface area (Å²) in [7, 11) is 0. The van der Waals surface area contributed by atoms with E-state index in [2.05, 4.69) is 58.8 Å². The molecule has 0 unspecified atom stereocenters. The standard InChI is InChI=1S/C28H32N4O2/c33-26(20-31-18-15-29-21-31)32-16-12-28(13-17-32)19-25(28)27(34)30-14-11-24(22-7-3-1-4-8-22)23-9-5-2-6-10-23/h1-10,15,18,21,24-25H,11-14,16-17,19-20H2,(H,30,34)/t25-/m1/s1. The topological polar surface area (TPSA) is 67.2 Å². The van der Waals surface area contributed by atoms with Gasteiger partial charge in [0.25, 0.3) is 0 Å². The fraction of sp³-hybridized carbons (Fsp3) is 0.393. The maximum absolute atomic E-state index is 13.0. The Bertz CT molecular complexity index is 1050. The van der Waals surface area contributed by atoms with Gasteiger partial charge in [-0.3, -0.25) is 9.59 Å². The maximum Gasteiger partial charge on any atom is 0.242 e. The molecule has 3 aromatic rings. The van der Waals surface area contributed by atoms with E-state index in [1.165, 1.54) is 11.1 Å². The highest BCUT2D eigenvalue weighted by molar-refractivity contribution is 5.83. The van der Waals surface area contributed by atoms with Gasteiger partial charge < -0.3 is 14.8 Å². The summed E-state index contributed by atoms with van der Waals surface area (Å²) in [4.78, 5) is 31.4. The molecule has 6 heteroatoms. The van der Waals surface area contributed by atoms with Crippen molar-refractivity contribution in [2.75, 3.05) is 19.6 Å². The molecule has 34 heavy (non-hydrogen) atoms. The number of nitrogens with one attached hydrogen (secondary N) is 1. The molecule has 176 valence electrons. The third-order valence-corrected chi connectivity index (χ3v) is 7.63. The van der Waals surface area contributed by atoms with Gasteiger partial charge in [-0.1, -0.05) is 60.7 Å². The van der Waals surface area contributed by atoms with E-state index in [0.29, 0.717) is 13.1 Å². The normalized spacial score (nSPS) is 18.7. The van der Waals surface area contributed by atoms with Crippen LogP contribution in [0.3, 0.4) is 0 Å². The fourth-order valence-electron chi connectivity index (χ4n) is 5.47. The van der Waals surface area contributed by atoms with Gasteiger partial charge in [0.05, 0.1) is 6.33 Å². The molecule has 1 aliphatic carbocycles. The Labute approximate surface area is 201 Å². The fourth-order valence-corrected chi connectivity index (χ4v) is 5.47. The van der Waals surface area contributed by atoms with Gasteiger partial charge in [-0.05, 0) is 42.2 Å². The molecule has 5 rings (SSSR count). The van der Waals surface area contributed by atoms with Crippen LogP contribution in [0, 0.1) is 11.3 Å². The van der Waals surface area contributed by atoms with E-state index in [9.17, 15) is 9.59 Å². The van der Waals surface area contributed by atoms with Crippen molar-refractivity contribution in [3.05, 3.63) is 90.5 Å². The second kappa shape index (κ2) is 9.84. The monoisotopic (exact) mass is 456 g/mol. The molecular weight excluding hydrogens is 424 g/mol. The molecule has 1 aliphatic heterocycles. The van der Waals surface area contributed by atoms with Gasteiger partial charge in [0, 0.05) is 43.9 Å². The number of piperidine rings is 1. The molecule has 1 atom stereocenters. The van der Waals surface area contributed by atoms with E-state index in [4.69, 9.17) is 0 Å². The Morgan fingerprint density at radius 1 is 1.00 bits per heavy atom. The SMILES string of the molecule is O=C(NCCC(c1ccccc1)c1ccccc1)[C@H]1CC12CCN(C(=O)Cn1ccnc1)CC2. The zero-order valence-electron chi connectivity index (χ0n) is 19.5. The summed E-state index contributed by atoms with van der Waals surface area (Å²) in [5.74, 6) is 0.659. The van der Waals surface area contributed by atoms with E-state index in [1.54, 1.807) is 17.1 Å². The molecule has 6 nitrogen and oxygen atoms in total. The number of nitrogens with zero attached hydrogens (tertiary/aromatic N) is 3. The van der Waals surface area contributed by atoms with Gasteiger partial charge in [-0.25, -0.2) is 4.98 Å². The van der Waals surface area contributed by atoms with Crippen molar-refractivity contribution >= 4 is 11.8 Å².